The molecule has 1 aromatic rings. The zero-order valence-corrected chi connectivity index (χ0v) is 23.3. The van der Waals surface area contributed by atoms with E-state index >= 15 is 0 Å². The van der Waals surface area contributed by atoms with Crippen LogP contribution in [0.1, 0.15) is 57.6 Å². The standard InChI is InChI=1S/C29H35NO11/c1-13-7-9-28-22-16-5-6-19(38-4)23(22)41-24(28)20(8-10-29(28,37)17(13)11-16)40-27(36)18(31)12-21(32)39-15(3)25(33)30-14(2)26(34)35/h5-6,8,13-15,17-18,24,31,37H,7,9-12H2,1-4H3,(H,30,33)(H,34,35)/t13?,14-,15-,17-,18-,24-,28-,29+/m0/s1. The molecule has 0 saturated heterocycles. The summed E-state index contributed by atoms with van der Waals surface area (Å²) in [4.78, 5) is 48.2. The molecule has 1 spiro atoms. The summed E-state index contributed by atoms with van der Waals surface area (Å²) < 4.78 is 22.5. The molecule has 4 N–H and O–H groups in total. The van der Waals surface area contributed by atoms with E-state index in [4.69, 9.17) is 24.1 Å². The quantitative estimate of drug-likeness (QED) is 0.311. The third-order valence-corrected chi connectivity index (χ3v) is 9.19. The average Bonchev–Trinajstić information content (AvgIpc) is 3.27. The van der Waals surface area contributed by atoms with Gasteiger partial charge in [0.25, 0.3) is 5.91 Å². The van der Waals surface area contributed by atoms with Gasteiger partial charge in [0.1, 0.15) is 11.8 Å². The number of hydrogen-bond acceptors (Lipinski definition) is 10. The predicted octanol–water partition coefficient (Wildman–Crippen LogP) is 1.13. The first-order valence-electron chi connectivity index (χ1n) is 13.8. The first-order chi connectivity index (χ1) is 19.3. The van der Waals surface area contributed by atoms with Crippen molar-refractivity contribution < 1.29 is 53.4 Å². The molecule has 1 aliphatic heterocycles. The number of amides is 1. The maximum Gasteiger partial charge on any atom is 0.340 e. The van der Waals surface area contributed by atoms with Crippen LogP contribution in [0, 0.1) is 11.8 Å². The number of aliphatic hydroxyl groups is 2. The number of carbonyl (C=O) groups excluding carboxylic acids is 3. The molecule has 1 aromatic carbocycles. The number of carboxylic acids is 1. The third kappa shape index (κ3) is 4.44. The number of aliphatic carboxylic acids is 1. The van der Waals surface area contributed by atoms with Crippen molar-refractivity contribution >= 4 is 23.8 Å². The Labute approximate surface area is 236 Å². The van der Waals surface area contributed by atoms with Crippen molar-refractivity contribution in [2.45, 2.75) is 88.2 Å². The number of carbonyl (C=O) groups is 4. The molecular weight excluding hydrogens is 538 g/mol. The van der Waals surface area contributed by atoms with Crippen molar-refractivity contribution in [3.8, 4) is 11.5 Å². The molecule has 5 rings (SSSR count). The zero-order chi connectivity index (χ0) is 29.9. The Morgan fingerprint density at radius 2 is 1.95 bits per heavy atom. The van der Waals surface area contributed by atoms with Crippen LogP contribution in [0.3, 0.4) is 0 Å². The van der Waals surface area contributed by atoms with E-state index in [9.17, 15) is 29.4 Å². The van der Waals surface area contributed by atoms with E-state index in [-0.39, 0.29) is 24.0 Å². The minimum Gasteiger partial charge on any atom is -0.493 e. The largest absolute Gasteiger partial charge is 0.493 e. The lowest BCUT2D eigenvalue weighted by molar-refractivity contribution is -0.174. The zero-order valence-electron chi connectivity index (χ0n) is 23.3. The molecule has 222 valence electrons. The molecule has 12 nitrogen and oxygen atoms in total. The first kappa shape index (κ1) is 28.9. The Bertz CT molecular complexity index is 1320. The molecule has 1 unspecified atom stereocenters. The van der Waals surface area contributed by atoms with Crippen LogP contribution in [0.15, 0.2) is 24.0 Å². The lowest BCUT2D eigenvalue weighted by atomic mass is 9.45. The van der Waals surface area contributed by atoms with Gasteiger partial charge in [0, 0.05) is 5.56 Å². The minimum absolute atomic E-state index is 0.0271. The van der Waals surface area contributed by atoms with E-state index < -0.39 is 65.6 Å². The topological polar surface area (TPSA) is 178 Å². The molecule has 3 aliphatic carbocycles. The Hall–Kier alpha value is -3.64. The Morgan fingerprint density at radius 3 is 2.63 bits per heavy atom. The second-order valence-electron chi connectivity index (χ2n) is 11.5. The molecule has 12 heteroatoms. The number of ether oxygens (including phenoxy) is 4. The molecule has 1 heterocycles. The summed E-state index contributed by atoms with van der Waals surface area (Å²) in [5, 5.41) is 33.8. The van der Waals surface area contributed by atoms with Crippen molar-refractivity contribution in [3.63, 3.8) is 0 Å². The van der Waals surface area contributed by atoms with Crippen molar-refractivity contribution in [2.24, 2.45) is 11.8 Å². The molecule has 0 radical (unpaired) electrons. The first-order valence-corrected chi connectivity index (χ1v) is 13.8. The number of carboxylic acid groups (broad SMARTS) is 1. The van der Waals surface area contributed by atoms with Gasteiger partial charge in [0.05, 0.1) is 24.5 Å². The van der Waals surface area contributed by atoms with Gasteiger partial charge >= 0.3 is 17.9 Å². The van der Waals surface area contributed by atoms with Crippen LogP contribution < -0.4 is 14.8 Å². The van der Waals surface area contributed by atoms with Crippen LogP contribution in [-0.2, 0) is 40.5 Å². The summed E-state index contributed by atoms with van der Waals surface area (Å²) in [6.45, 7) is 4.63. The van der Waals surface area contributed by atoms with E-state index in [1.807, 2.05) is 12.1 Å². The second kappa shape index (κ2) is 10.3. The lowest BCUT2D eigenvalue weighted by Crippen LogP contribution is -2.69. The van der Waals surface area contributed by atoms with Crippen LogP contribution in [0.2, 0.25) is 0 Å². The Kier molecular flexibility index (Phi) is 7.27. The Morgan fingerprint density at radius 1 is 1.22 bits per heavy atom. The highest BCUT2D eigenvalue weighted by atomic mass is 16.6. The Balaban J connectivity index is 1.32. The number of benzene rings is 1. The third-order valence-electron chi connectivity index (χ3n) is 9.19. The van der Waals surface area contributed by atoms with E-state index in [1.165, 1.54) is 21.0 Å². The summed E-state index contributed by atoms with van der Waals surface area (Å²) >= 11 is 0. The van der Waals surface area contributed by atoms with Crippen molar-refractivity contribution in [1.29, 1.82) is 0 Å². The van der Waals surface area contributed by atoms with Gasteiger partial charge in [-0.25, -0.2) is 4.79 Å². The summed E-state index contributed by atoms with van der Waals surface area (Å²) in [5.41, 5.74) is -0.0580. The van der Waals surface area contributed by atoms with E-state index in [0.29, 0.717) is 24.3 Å². The summed E-state index contributed by atoms with van der Waals surface area (Å²) in [5.74, 6) is -2.87. The molecule has 4 aliphatic rings. The number of esters is 2. The molecule has 0 aromatic heterocycles. The van der Waals surface area contributed by atoms with Gasteiger partial charge in [0.2, 0.25) is 0 Å². The number of rotatable bonds is 9. The van der Waals surface area contributed by atoms with E-state index in [0.717, 1.165) is 17.5 Å². The van der Waals surface area contributed by atoms with Crippen LogP contribution in [0.25, 0.3) is 0 Å². The van der Waals surface area contributed by atoms with Gasteiger partial charge in [-0.2, -0.15) is 0 Å². The SMILES string of the molecule is COc1ccc2c3c1O[C@H]1C(OC(=O)[C@@H](O)CC(=O)O[C@@H](C)C(=O)N[C@@H](C)C(=O)O)=CC[C@@]4(O)[C@@H](C2)C(C)CC[C@]314. The molecule has 41 heavy (non-hydrogen) atoms. The molecule has 1 saturated carbocycles. The molecule has 8 atom stereocenters. The van der Waals surface area contributed by atoms with Crippen molar-refractivity contribution in [1.82, 2.24) is 5.32 Å². The maximum atomic E-state index is 12.9. The van der Waals surface area contributed by atoms with Gasteiger partial charge in [-0.3, -0.25) is 14.4 Å². The van der Waals surface area contributed by atoms with Gasteiger partial charge < -0.3 is 39.6 Å². The van der Waals surface area contributed by atoms with Crippen LogP contribution in [0.4, 0.5) is 0 Å². The average molecular weight is 574 g/mol. The van der Waals surface area contributed by atoms with Crippen LogP contribution in [0.5, 0.6) is 11.5 Å². The highest BCUT2D eigenvalue weighted by molar-refractivity contribution is 5.88. The summed E-state index contributed by atoms with van der Waals surface area (Å²) in [7, 11) is 1.53. The number of nitrogens with one attached hydrogen (secondary N) is 1. The fraction of sp³-hybridized carbons (Fsp3) is 0.586. The minimum atomic E-state index is -1.91. The van der Waals surface area contributed by atoms with E-state index in [2.05, 4.69) is 12.2 Å². The normalized spacial score (nSPS) is 30.9. The van der Waals surface area contributed by atoms with Gasteiger partial charge in [-0.05, 0) is 69.1 Å². The maximum absolute atomic E-state index is 12.9. The fourth-order valence-electron chi connectivity index (χ4n) is 7.08. The smallest absolute Gasteiger partial charge is 0.340 e. The van der Waals surface area contributed by atoms with E-state index in [1.54, 1.807) is 6.08 Å². The second-order valence-corrected chi connectivity index (χ2v) is 11.5. The van der Waals surface area contributed by atoms with Gasteiger partial charge in [-0.1, -0.05) is 13.0 Å². The molecule has 1 fully saturated rings. The van der Waals surface area contributed by atoms with Crippen LogP contribution in [-0.4, -0.2) is 76.2 Å². The number of aliphatic hydroxyl groups excluding tert-OH is 1. The number of hydrogen-bond donors (Lipinski definition) is 4. The number of methoxy groups -OCH3 is 1. The fourth-order valence-corrected chi connectivity index (χ4v) is 7.08. The summed E-state index contributed by atoms with van der Waals surface area (Å²) in [6.07, 6.45) is -0.921. The monoisotopic (exact) mass is 573 g/mol. The summed E-state index contributed by atoms with van der Waals surface area (Å²) in [6, 6.07) is 2.64. The predicted molar refractivity (Wildman–Crippen MR) is 140 cm³/mol. The van der Waals surface area contributed by atoms with Crippen molar-refractivity contribution in [3.05, 3.63) is 35.1 Å². The molecule has 1 amide bonds. The molecule has 2 bridgehead atoms. The highest BCUT2D eigenvalue weighted by Crippen LogP contribution is 2.68. The molecular formula is C29H35NO11. The highest BCUT2D eigenvalue weighted by Gasteiger charge is 2.72. The van der Waals surface area contributed by atoms with Crippen molar-refractivity contribution in [2.75, 3.05) is 7.11 Å². The van der Waals surface area contributed by atoms with Gasteiger partial charge in [0.15, 0.2) is 29.8 Å². The van der Waals surface area contributed by atoms with Crippen LogP contribution >= 0.6 is 0 Å². The lowest BCUT2D eigenvalue weighted by Gasteiger charge is -2.61. The van der Waals surface area contributed by atoms with Gasteiger partial charge in [-0.15, -0.1) is 0 Å².